The van der Waals surface area contributed by atoms with Crippen LogP contribution in [0.1, 0.15) is 11.3 Å². The van der Waals surface area contributed by atoms with E-state index in [1.54, 1.807) is 23.7 Å². The van der Waals surface area contributed by atoms with E-state index in [4.69, 9.17) is 5.73 Å². The van der Waals surface area contributed by atoms with E-state index in [1.165, 1.54) is 6.07 Å². The topological polar surface area (TPSA) is 43.8 Å². The number of hydrogen-bond acceptors (Lipinski definition) is 2. The second-order valence-corrected chi connectivity index (χ2v) is 3.56. The second-order valence-electron chi connectivity index (χ2n) is 3.56. The standard InChI is InChI=1S/C11H12FN3/c1-7-3-4-9(6-10(7)12)15-8(2)5-11(13)14-15/h3-6H,1-2H3,(H2,13,14). The molecule has 4 heteroatoms. The molecule has 0 saturated heterocycles. The van der Waals surface area contributed by atoms with Crippen molar-refractivity contribution in [2.75, 3.05) is 5.73 Å². The number of hydrogen-bond donors (Lipinski definition) is 1. The molecule has 3 nitrogen and oxygen atoms in total. The molecule has 1 heterocycles. The van der Waals surface area contributed by atoms with E-state index in [1.807, 2.05) is 13.0 Å². The summed E-state index contributed by atoms with van der Waals surface area (Å²) >= 11 is 0. The van der Waals surface area contributed by atoms with Gasteiger partial charge in [0.05, 0.1) is 5.69 Å². The van der Waals surface area contributed by atoms with E-state index in [0.29, 0.717) is 17.1 Å². The lowest BCUT2D eigenvalue weighted by molar-refractivity contribution is 0.616. The first-order valence-electron chi connectivity index (χ1n) is 4.66. The van der Waals surface area contributed by atoms with Crippen LogP contribution in [0.25, 0.3) is 5.69 Å². The van der Waals surface area contributed by atoms with Crippen molar-refractivity contribution in [1.82, 2.24) is 9.78 Å². The van der Waals surface area contributed by atoms with Gasteiger partial charge in [0.1, 0.15) is 11.6 Å². The smallest absolute Gasteiger partial charge is 0.146 e. The molecule has 1 aromatic heterocycles. The summed E-state index contributed by atoms with van der Waals surface area (Å²) in [6.45, 7) is 3.60. The molecule has 2 aromatic rings. The number of nitrogen functional groups attached to an aromatic ring is 1. The third kappa shape index (κ3) is 1.70. The molecule has 0 bridgehead atoms. The minimum Gasteiger partial charge on any atom is -0.382 e. The zero-order valence-electron chi connectivity index (χ0n) is 8.66. The lowest BCUT2D eigenvalue weighted by atomic mass is 10.2. The molecule has 0 fully saturated rings. The number of rotatable bonds is 1. The highest BCUT2D eigenvalue weighted by atomic mass is 19.1. The number of anilines is 1. The van der Waals surface area contributed by atoms with Crippen LogP contribution in [0.15, 0.2) is 24.3 Å². The zero-order chi connectivity index (χ0) is 11.0. The van der Waals surface area contributed by atoms with E-state index in [2.05, 4.69) is 5.10 Å². The van der Waals surface area contributed by atoms with Crippen molar-refractivity contribution in [2.24, 2.45) is 0 Å². The van der Waals surface area contributed by atoms with Gasteiger partial charge in [-0.25, -0.2) is 9.07 Å². The van der Waals surface area contributed by atoms with Gasteiger partial charge in [-0.15, -0.1) is 0 Å². The molecule has 15 heavy (non-hydrogen) atoms. The molecule has 1 aromatic carbocycles. The number of benzene rings is 1. The Hall–Kier alpha value is -1.84. The van der Waals surface area contributed by atoms with E-state index >= 15 is 0 Å². The summed E-state index contributed by atoms with van der Waals surface area (Å²) in [7, 11) is 0. The number of halogens is 1. The maximum Gasteiger partial charge on any atom is 0.146 e. The Bertz CT molecular complexity index is 503. The van der Waals surface area contributed by atoms with Crippen molar-refractivity contribution in [3.8, 4) is 5.69 Å². The average Bonchev–Trinajstić information content (AvgIpc) is 2.50. The lowest BCUT2D eigenvalue weighted by Crippen LogP contribution is -2.00. The SMILES string of the molecule is Cc1ccc(-n2nc(N)cc2C)cc1F. The van der Waals surface area contributed by atoms with Crippen LogP contribution in [0.3, 0.4) is 0 Å². The molecule has 0 aliphatic rings. The van der Waals surface area contributed by atoms with E-state index < -0.39 is 0 Å². The molecular weight excluding hydrogens is 193 g/mol. The van der Waals surface area contributed by atoms with Crippen molar-refractivity contribution < 1.29 is 4.39 Å². The molecule has 0 aliphatic carbocycles. The largest absolute Gasteiger partial charge is 0.382 e. The van der Waals surface area contributed by atoms with Gasteiger partial charge in [-0.1, -0.05) is 6.07 Å². The molecule has 2 rings (SSSR count). The van der Waals surface area contributed by atoms with Gasteiger partial charge in [0.15, 0.2) is 0 Å². The first-order valence-corrected chi connectivity index (χ1v) is 4.66. The fourth-order valence-corrected chi connectivity index (χ4v) is 1.47. The van der Waals surface area contributed by atoms with Crippen LogP contribution in [-0.4, -0.2) is 9.78 Å². The molecule has 0 amide bonds. The van der Waals surface area contributed by atoms with Crippen LogP contribution in [-0.2, 0) is 0 Å². The fourth-order valence-electron chi connectivity index (χ4n) is 1.47. The third-order valence-electron chi connectivity index (χ3n) is 2.31. The lowest BCUT2D eigenvalue weighted by Gasteiger charge is -2.05. The summed E-state index contributed by atoms with van der Waals surface area (Å²) < 4.78 is 15.0. The monoisotopic (exact) mass is 205 g/mol. The van der Waals surface area contributed by atoms with Crippen molar-refractivity contribution >= 4 is 5.82 Å². The molecule has 0 saturated carbocycles. The Morgan fingerprint density at radius 3 is 2.53 bits per heavy atom. The van der Waals surface area contributed by atoms with Crippen molar-refractivity contribution in [2.45, 2.75) is 13.8 Å². The number of nitrogens with two attached hydrogens (primary N) is 1. The minimum atomic E-state index is -0.235. The first-order chi connectivity index (χ1) is 7.08. The normalized spacial score (nSPS) is 10.6. The quantitative estimate of drug-likeness (QED) is 0.775. The van der Waals surface area contributed by atoms with E-state index in [-0.39, 0.29) is 5.82 Å². The Labute approximate surface area is 87.3 Å². The predicted octanol–water partition coefficient (Wildman–Crippen LogP) is 2.21. The van der Waals surface area contributed by atoms with Crippen LogP contribution in [0, 0.1) is 19.7 Å². The van der Waals surface area contributed by atoms with Gasteiger partial charge in [0.25, 0.3) is 0 Å². The summed E-state index contributed by atoms with van der Waals surface area (Å²) in [5, 5.41) is 4.08. The van der Waals surface area contributed by atoms with Gasteiger partial charge in [0, 0.05) is 11.8 Å². The number of nitrogens with zero attached hydrogens (tertiary/aromatic N) is 2. The molecule has 0 spiro atoms. The van der Waals surface area contributed by atoms with Crippen molar-refractivity contribution in [3.63, 3.8) is 0 Å². The molecule has 0 atom stereocenters. The minimum absolute atomic E-state index is 0.235. The zero-order valence-corrected chi connectivity index (χ0v) is 8.66. The van der Waals surface area contributed by atoms with Crippen molar-refractivity contribution in [1.29, 1.82) is 0 Å². The second kappa shape index (κ2) is 3.38. The highest BCUT2D eigenvalue weighted by molar-refractivity contribution is 5.40. The summed E-state index contributed by atoms with van der Waals surface area (Å²) in [5.41, 5.74) is 7.75. The van der Waals surface area contributed by atoms with Crippen LogP contribution < -0.4 is 5.73 Å². The highest BCUT2D eigenvalue weighted by Crippen LogP contribution is 2.16. The maximum absolute atomic E-state index is 13.3. The number of aryl methyl sites for hydroxylation is 2. The van der Waals surface area contributed by atoms with E-state index in [0.717, 1.165) is 5.69 Å². The van der Waals surface area contributed by atoms with Gasteiger partial charge < -0.3 is 5.73 Å². The Morgan fingerprint density at radius 1 is 1.27 bits per heavy atom. The maximum atomic E-state index is 13.3. The summed E-state index contributed by atoms with van der Waals surface area (Å²) in [6, 6.07) is 6.74. The molecule has 2 N–H and O–H groups in total. The summed E-state index contributed by atoms with van der Waals surface area (Å²) in [6.07, 6.45) is 0. The fraction of sp³-hybridized carbons (Fsp3) is 0.182. The highest BCUT2D eigenvalue weighted by Gasteiger charge is 2.05. The van der Waals surface area contributed by atoms with Gasteiger partial charge in [0.2, 0.25) is 0 Å². The third-order valence-corrected chi connectivity index (χ3v) is 2.31. The molecule has 0 unspecified atom stereocenters. The van der Waals surface area contributed by atoms with Gasteiger partial charge >= 0.3 is 0 Å². The van der Waals surface area contributed by atoms with Crippen LogP contribution >= 0.6 is 0 Å². The predicted molar refractivity (Wildman–Crippen MR) is 57.4 cm³/mol. The molecule has 78 valence electrons. The molecule has 0 aliphatic heterocycles. The van der Waals surface area contributed by atoms with Gasteiger partial charge in [-0.3, -0.25) is 0 Å². The van der Waals surface area contributed by atoms with Gasteiger partial charge in [-0.05, 0) is 31.5 Å². The van der Waals surface area contributed by atoms with Gasteiger partial charge in [-0.2, -0.15) is 5.10 Å². The van der Waals surface area contributed by atoms with Crippen LogP contribution in [0.5, 0.6) is 0 Å². The van der Waals surface area contributed by atoms with Crippen molar-refractivity contribution in [3.05, 3.63) is 41.3 Å². The number of aromatic nitrogens is 2. The molecule has 0 radical (unpaired) electrons. The Balaban J connectivity index is 2.54. The Kier molecular flexibility index (Phi) is 2.19. The molecular formula is C11H12FN3. The summed E-state index contributed by atoms with van der Waals surface area (Å²) in [5.74, 6) is 0.203. The van der Waals surface area contributed by atoms with Crippen LogP contribution in [0.4, 0.5) is 10.2 Å². The average molecular weight is 205 g/mol. The van der Waals surface area contributed by atoms with Crippen LogP contribution in [0.2, 0.25) is 0 Å². The van der Waals surface area contributed by atoms with E-state index in [9.17, 15) is 4.39 Å². The first kappa shape index (κ1) is 9.71. The Morgan fingerprint density at radius 2 is 2.00 bits per heavy atom. The summed E-state index contributed by atoms with van der Waals surface area (Å²) in [4.78, 5) is 0.